The van der Waals surface area contributed by atoms with Crippen molar-refractivity contribution in [2.45, 2.75) is 12.7 Å². The molecule has 2 aromatic carbocycles. The minimum Gasteiger partial charge on any atom is -0.492 e. The molecule has 0 unspecified atom stereocenters. The van der Waals surface area contributed by atoms with Crippen molar-refractivity contribution in [3.05, 3.63) is 59.7 Å². The molecule has 0 radical (unpaired) electrons. The van der Waals surface area contributed by atoms with Crippen LogP contribution in [0.1, 0.15) is 11.1 Å². The van der Waals surface area contributed by atoms with Gasteiger partial charge in [-0.25, -0.2) is 13.2 Å². The smallest absolute Gasteiger partial charge is 0.319 e. The number of benzene rings is 2. The largest absolute Gasteiger partial charge is 0.492 e. The monoisotopic (exact) mass is 362 g/mol. The number of anilines is 1. The molecule has 134 valence electrons. The van der Waals surface area contributed by atoms with Crippen molar-refractivity contribution in [2.75, 3.05) is 24.7 Å². The van der Waals surface area contributed by atoms with Crippen LogP contribution in [0, 0.1) is 6.92 Å². The van der Waals surface area contributed by atoms with Crippen molar-refractivity contribution in [2.24, 2.45) is 0 Å². The van der Waals surface area contributed by atoms with Crippen LogP contribution in [-0.2, 0) is 15.6 Å². The van der Waals surface area contributed by atoms with Crippen molar-refractivity contribution in [1.29, 1.82) is 0 Å². The van der Waals surface area contributed by atoms with Crippen molar-refractivity contribution in [1.82, 2.24) is 5.32 Å². The van der Waals surface area contributed by atoms with Gasteiger partial charge in [-0.3, -0.25) is 0 Å². The Bertz CT molecular complexity index is 817. The van der Waals surface area contributed by atoms with Crippen molar-refractivity contribution < 1.29 is 17.9 Å². The first-order valence-electron chi connectivity index (χ1n) is 7.83. The lowest BCUT2D eigenvalue weighted by molar-refractivity contribution is 0.247. The molecule has 0 fully saturated rings. The summed E-state index contributed by atoms with van der Waals surface area (Å²) in [4.78, 5) is 12.0. The second-order valence-corrected chi connectivity index (χ2v) is 7.91. The normalized spacial score (nSPS) is 11.0. The van der Waals surface area contributed by atoms with Crippen molar-refractivity contribution >= 4 is 21.6 Å². The van der Waals surface area contributed by atoms with Crippen LogP contribution in [-0.4, -0.2) is 33.9 Å². The molecule has 7 heteroatoms. The molecule has 0 heterocycles. The van der Waals surface area contributed by atoms with Crippen LogP contribution in [0.15, 0.2) is 48.5 Å². The van der Waals surface area contributed by atoms with Gasteiger partial charge in [-0.05, 0) is 30.7 Å². The standard InChI is InChI=1S/C18H22N2O4S/c1-14-7-9-16(10-8-14)24-12-11-19-18(21)20-17-6-4-3-5-15(17)13-25(2,22)23/h3-10H,11-13H2,1-2H3,(H2,19,20,21). The maximum Gasteiger partial charge on any atom is 0.319 e. The van der Waals surface area contributed by atoms with Crippen LogP contribution in [0.2, 0.25) is 0 Å². The Morgan fingerprint density at radius 1 is 1.08 bits per heavy atom. The molecule has 0 aliphatic carbocycles. The summed E-state index contributed by atoms with van der Waals surface area (Å²) in [5.41, 5.74) is 2.18. The summed E-state index contributed by atoms with van der Waals surface area (Å²) >= 11 is 0. The third-order valence-electron chi connectivity index (χ3n) is 3.36. The number of rotatable bonds is 7. The molecule has 0 aliphatic heterocycles. The van der Waals surface area contributed by atoms with E-state index in [2.05, 4.69) is 10.6 Å². The van der Waals surface area contributed by atoms with Crippen LogP contribution in [0.4, 0.5) is 10.5 Å². The highest BCUT2D eigenvalue weighted by Crippen LogP contribution is 2.17. The van der Waals surface area contributed by atoms with Gasteiger partial charge in [-0.1, -0.05) is 35.9 Å². The molecular formula is C18H22N2O4S. The van der Waals surface area contributed by atoms with Gasteiger partial charge in [-0.15, -0.1) is 0 Å². The number of sulfone groups is 1. The summed E-state index contributed by atoms with van der Waals surface area (Å²) in [6.45, 7) is 2.66. The maximum absolute atomic E-state index is 12.0. The SMILES string of the molecule is Cc1ccc(OCCNC(=O)Nc2ccccc2CS(C)(=O)=O)cc1. The molecule has 0 bridgehead atoms. The van der Waals surface area contributed by atoms with E-state index >= 15 is 0 Å². The number of aryl methyl sites for hydroxylation is 1. The molecule has 0 saturated carbocycles. The fourth-order valence-electron chi connectivity index (χ4n) is 2.19. The highest BCUT2D eigenvalue weighted by molar-refractivity contribution is 7.89. The van der Waals surface area contributed by atoms with Crippen LogP contribution in [0.25, 0.3) is 0 Å². The zero-order valence-corrected chi connectivity index (χ0v) is 15.1. The minimum absolute atomic E-state index is 0.125. The summed E-state index contributed by atoms with van der Waals surface area (Å²) in [5.74, 6) is 0.617. The highest BCUT2D eigenvalue weighted by atomic mass is 32.2. The van der Waals surface area contributed by atoms with Crippen molar-refractivity contribution in [3.63, 3.8) is 0 Å². The number of para-hydroxylation sites is 1. The molecule has 2 N–H and O–H groups in total. The van der Waals surface area contributed by atoms with E-state index in [0.29, 0.717) is 24.4 Å². The van der Waals surface area contributed by atoms with Crippen LogP contribution < -0.4 is 15.4 Å². The Labute approximate surface area is 148 Å². The number of nitrogens with one attached hydrogen (secondary N) is 2. The van der Waals surface area contributed by atoms with E-state index in [0.717, 1.165) is 17.6 Å². The molecule has 2 amide bonds. The lowest BCUT2D eigenvalue weighted by atomic mass is 10.2. The van der Waals surface area contributed by atoms with E-state index in [9.17, 15) is 13.2 Å². The van der Waals surface area contributed by atoms with Gasteiger partial charge in [0.2, 0.25) is 0 Å². The Morgan fingerprint density at radius 2 is 1.76 bits per heavy atom. The average Bonchev–Trinajstić information content (AvgIpc) is 2.54. The summed E-state index contributed by atoms with van der Waals surface area (Å²) in [7, 11) is -3.18. The van der Waals surface area contributed by atoms with Gasteiger partial charge >= 0.3 is 6.03 Å². The van der Waals surface area contributed by atoms with Gasteiger partial charge in [0, 0.05) is 11.9 Å². The number of urea groups is 1. The number of hydrogen-bond acceptors (Lipinski definition) is 4. The second kappa shape index (κ2) is 8.53. The third-order valence-corrected chi connectivity index (χ3v) is 4.20. The first-order valence-corrected chi connectivity index (χ1v) is 9.89. The van der Waals surface area contributed by atoms with Gasteiger partial charge in [0.05, 0.1) is 12.3 Å². The zero-order chi connectivity index (χ0) is 18.3. The number of carbonyl (C=O) groups excluding carboxylic acids is 1. The van der Waals surface area contributed by atoms with E-state index in [1.807, 2.05) is 31.2 Å². The first-order chi connectivity index (χ1) is 11.8. The van der Waals surface area contributed by atoms with Gasteiger partial charge in [0.1, 0.15) is 12.4 Å². The first kappa shape index (κ1) is 18.8. The number of ether oxygens (including phenoxy) is 1. The van der Waals surface area contributed by atoms with Gasteiger partial charge in [-0.2, -0.15) is 0 Å². The molecular weight excluding hydrogens is 340 g/mol. The highest BCUT2D eigenvalue weighted by Gasteiger charge is 2.11. The molecule has 0 spiro atoms. The maximum atomic E-state index is 12.0. The second-order valence-electron chi connectivity index (χ2n) is 5.77. The van der Waals surface area contributed by atoms with Gasteiger partial charge in [0.25, 0.3) is 0 Å². The zero-order valence-electron chi connectivity index (χ0n) is 14.3. The van der Waals surface area contributed by atoms with Crippen molar-refractivity contribution in [3.8, 4) is 5.75 Å². The molecule has 0 aromatic heterocycles. The molecule has 0 aliphatic rings. The number of carbonyl (C=O) groups is 1. The quantitative estimate of drug-likeness (QED) is 0.742. The van der Waals surface area contributed by atoms with Crippen LogP contribution in [0.5, 0.6) is 5.75 Å². The molecule has 2 aromatic rings. The lowest BCUT2D eigenvalue weighted by Crippen LogP contribution is -2.32. The summed E-state index contributed by atoms with van der Waals surface area (Å²) in [6, 6.07) is 14.1. The van der Waals surface area contributed by atoms with E-state index in [1.54, 1.807) is 24.3 Å². The molecule has 6 nitrogen and oxygen atoms in total. The van der Waals surface area contributed by atoms with Gasteiger partial charge < -0.3 is 15.4 Å². The summed E-state index contributed by atoms with van der Waals surface area (Å²) < 4.78 is 28.5. The minimum atomic E-state index is -3.18. The Hall–Kier alpha value is -2.54. The molecule has 2 rings (SSSR count). The van der Waals surface area contributed by atoms with E-state index < -0.39 is 15.9 Å². The molecule has 25 heavy (non-hydrogen) atoms. The predicted octanol–water partition coefficient (Wildman–Crippen LogP) is 2.74. The Morgan fingerprint density at radius 3 is 2.44 bits per heavy atom. The molecule has 0 saturated heterocycles. The van der Waals surface area contributed by atoms with Crippen LogP contribution >= 0.6 is 0 Å². The fourth-order valence-corrected chi connectivity index (χ4v) is 3.00. The van der Waals surface area contributed by atoms with Gasteiger partial charge in [0.15, 0.2) is 9.84 Å². The topological polar surface area (TPSA) is 84.5 Å². The molecule has 0 atom stereocenters. The predicted molar refractivity (Wildman–Crippen MR) is 98.7 cm³/mol. The number of amides is 2. The van der Waals surface area contributed by atoms with Crippen LogP contribution in [0.3, 0.4) is 0 Å². The Kier molecular flexibility index (Phi) is 6.41. The summed E-state index contributed by atoms with van der Waals surface area (Å²) in [5, 5.41) is 5.35. The third kappa shape index (κ3) is 6.84. The Balaban J connectivity index is 1.81. The lowest BCUT2D eigenvalue weighted by Gasteiger charge is -2.12. The number of hydrogen-bond donors (Lipinski definition) is 2. The summed E-state index contributed by atoms with van der Waals surface area (Å²) in [6.07, 6.45) is 1.16. The fraction of sp³-hybridized carbons (Fsp3) is 0.278. The average molecular weight is 362 g/mol. The van der Waals surface area contributed by atoms with E-state index in [4.69, 9.17) is 4.74 Å². The van der Waals surface area contributed by atoms with E-state index in [-0.39, 0.29) is 5.75 Å². The van der Waals surface area contributed by atoms with E-state index in [1.165, 1.54) is 0 Å².